The van der Waals surface area contributed by atoms with Crippen LogP contribution in [-0.4, -0.2) is 28.1 Å². The maximum atomic E-state index is 10.9. The van der Waals surface area contributed by atoms with Crippen LogP contribution < -0.4 is 5.32 Å². The number of hydrogen-bond donors (Lipinski definition) is 2. The molecule has 0 aromatic carbocycles. The number of carbonyl (C=O) groups is 1. The summed E-state index contributed by atoms with van der Waals surface area (Å²) in [5, 5.41) is 11.6. The zero-order valence-electron chi connectivity index (χ0n) is 8.47. The summed E-state index contributed by atoms with van der Waals surface area (Å²) in [5.74, 6) is -1.34. The summed E-state index contributed by atoms with van der Waals surface area (Å²) < 4.78 is 5.04. The van der Waals surface area contributed by atoms with Crippen LogP contribution in [0.3, 0.4) is 0 Å². The first-order valence-corrected chi connectivity index (χ1v) is 4.54. The van der Waals surface area contributed by atoms with E-state index in [9.17, 15) is 4.79 Å². The lowest BCUT2D eigenvalue weighted by Crippen LogP contribution is -1.96. The van der Waals surface area contributed by atoms with Crippen LogP contribution in [0.15, 0.2) is 28.9 Å². The molecule has 0 aliphatic rings. The average molecular weight is 219 g/mol. The summed E-state index contributed by atoms with van der Waals surface area (Å²) in [6, 6.07) is 3.51. The molecular weight excluding hydrogens is 210 g/mol. The topological polar surface area (TPSA) is 88.2 Å². The second-order valence-corrected chi connectivity index (χ2v) is 2.99. The van der Waals surface area contributed by atoms with Crippen LogP contribution in [0.25, 0.3) is 11.3 Å². The molecule has 2 aromatic heterocycles. The summed E-state index contributed by atoms with van der Waals surface area (Å²) >= 11 is 0. The third-order valence-corrected chi connectivity index (χ3v) is 1.99. The van der Waals surface area contributed by atoms with E-state index in [2.05, 4.69) is 15.3 Å². The second kappa shape index (κ2) is 4.01. The van der Waals surface area contributed by atoms with Gasteiger partial charge in [-0.15, -0.1) is 0 Å². The van der Waals surface area contributed by atoms with Gasteiger partial charge >= 0.3 is 5.97 Å². The summed E-state index contributed by atoms with van der Waals surface area (Å²) in [4.78, 5) is 18.8. The highest BCUT2D eigenvalue weighted by atomic mass is 16.4. The molecule has 0 spiro atoms. The van der Waals surface area contributed by atoms with E-state index < -0.39 is 5.97 Å². The van der Waals surface area contributed by atoms with Gasteiger partial charge in [0.2, 0.25) is 5.76 Å². The van der Waals surface area contributed by atoms with Gasteiger partial charge in [-0.25, -0.2) is 4.79 Å². The highest BCUT2D eigenvalue weighted by Crippen LogP contribution is 2.25. The highest BCUT2D eigenvalue weighted by molar-refractivity contribution is 5.92. The lowest BCUT2D eigenvalue weighted by atomic mass is 10.2. The van der Waals surface area contributed by atoms with Gasteiger partial charge in [-0.1, -0.05) is 0 Å². The normalized spacial score (nSPS) is 10.1. The second-order valence-electron chi connectivity index (χ2n) is 2.99. The van der Waals surface area contributed by atoms with Gasteiger partial charge in [0, 0.05) is 25.0 Å². The molecule has 0 amide bonds. The fourth-order valence-electron chi connectivity index (χ4n) is 1.28. The Balaban J connectivity index is 2.55. The van der Waals surface area contributed by atoms with Crippen LogP contribution in [-0.2, 0) is 0 Å². The summed E-state index contributed by atoms with van der Waals surface area (Å²) in [7, 11) is 1.60. The van der Waals surface area contributed by atoms with Crippen molar-refractivity contribution in [3.8, 4) is 11.3 Å². The Morgan fingerprint density at radius 3 is 2.69 bits per heavy atom. The quantitative estimate of drug-likeness (QED) is 0.812. The number of hydrogen-bond acceptors (Lipinski definition) is 5. The van der Waals surface area contributed by atoms with Crippen molar-refractivity contribution in [3.05, 3.63) is 30.3 Å². The minimum atomic E-state index is -1.15. The fraction of sp³-hybridized carbons (Fsp3) is 0.100. The lowest BCUT2D eigenvalue weighted by molar-refractivity contribution is 0.0665. The van der Waals surface area contributed by atoms with Gasteiger partial charge in [0.1, 0.15) is 5.69 Å². The van der Waals surface area contributed by atoms with E-state index in [1.807, 2.05) is 0 Å². The van der Waals surface area contributed by atoms with Gasteiger partial charge in [0.15, 0.2) is 0 Å². The van der Waals surface area contributed by atoms with Crippen molar-refractivity contribution in [1.29, 1.82) is 0 Å². The Morgan fingerprint density at radius 1 is 1.44 bits per heavy atom. The molecule has 0 fully saturated rings. The predicted molar refractivity (Wildman–Crippen MR) is 56.2 cm³/mol. The minimum absolute atomic E-state index is 0.171. The summed E-state index contributed by atoms with van der Waals surface area (Å²) in [5.41, 5.74) is 0.942. The molecule has 0 bridgehead atoms. The van der Waals surface area contributed by atoms with Crippen molar-refractivity contribution < 1.29 is 14.3 Å². The van der Waals surface area contributed by atoms with Gasteiger partial charge in [-0.2, -0.15) is 4.98 Å². The van der Waals surface area contributed by atoms with Gasteiger partial charge in [0.25, 0.3) is 6.01 Å². The van der Waals surface area contributed by atoms with Crippen LogP contribution in [0.2, 0.25) is 0 Å². The Kier molecular flexibility index (Phi) is 2.55. The molecule has 2 N–H and O–H groups in total. The third-order valence-electron chi connectivity index (χ3n) is 1.99. The van der Waals surface area contributed by atoms with E-state index in [0.29, 0.717) is 11.3 Å². The molecule has 82 valence electrons. The smallest absolute Gasteiger partial charge is 0.374 e. The average Bonchev–Trinajstić information content (AvgIpc) is 2.74. The molecule has 0 unspecified atom stereocenters. The number of pyridine rings is 1. The molecule has 0 saturated heterocycles. The molecule has 2 aromatic rings. The monoisotopic (exact) mass is 219 g/mol. The number of carboxylic acids is 1. The van der Waals surface area contributed by atoms with Crippen molar-refractivity contribution in [3.63, 3.8) is 0 Å². The Labute approximate surface area is 91.0 Å². The number of aromatic nitrogens is 2. The molecule has 2 rings (SSSR count). The first kappa shape index (κ1) is 10.2. The van der Waals surface area contributed by atoms with Crippen LogP contribution in [0.1, 0.15) is 10.6 Å². The lowest BCUT2D eigenvalue weighted by Gasteiger charge is -1.95. The largest absolute Gasteiger partial charge is 0.475 e. The van der Waals surface area contributed by atoms with Gasteiger partial charge in [-0.05, 0) is 12.1 Å². The van der Waals surface area contributed by atoms with Crippen LogP contribution in [0.5, 0.6) is 0 Å². The standard InChI is InChI=1S/C10H9N3O3/c1-11-10-13-7(8(16-10)9(14)15)6-2-4-12-5-3-6/h2-5H,1H3,(H,11,13)(H,14,15). The number of carboxylic acid groups (broad SMARTS) is 1. The maximum absolute atomic E-state index is 10.9. The molecule has 16 heavy (non-hydrogen) atoms. The minimum Gasteiger partial charge on any atom is -0.475 e. The number of aromatic carboxylic acids is 1. The maximum Gasteiger partial charge on any atom is 0.374 e. The van der Waals surface area contributed by atoms with E-state index in [-0.39, 0.29) is 11.8 Å². The number of nitrogens with one attached hydrogen (secondary N) is 1. The van der Waals surface area contributed by atoms with E-state index >= 15 is 0 Å². The molecule has 6 heteroatoms. The van der Waals surface area contributed by atoms with Crippen molar-refractivity contribution in [1.82, 2.24) is 9.97 Å². The zero-order valence-corrected chi connectivity index (χ0v) is 8.47. The Morgan fingerprint density at radius 2 is 2.12 bits per heavy atom. The molecule has 2 heterocycles. The molecule has 0 aliphatic carbocycles. The number of oxazole rings is 1. The van der Waals surface area contributed by atoms with Crippen molar-refractivity contribution in [2.75, 3.05) is 12.4 Å². The molecule has 0 saturated carbocycles. The fourth-order valence-corrected chi connectivity index (χ4v) is 1.28. The van der Waals surface area contributed by atoms with Crippen LogP contribution in [0, 0.1) is 0 Å². The van der Waals surface area contributed by atoms with Crippen molar-refractivity contribution in [2.24, 2.45) is 0 Å². The SMILES string of the molecule is CNc1nc(-c2ccncc2)c(C(=O)O)o1. The highest BCUT2D eigenvalue weighted by Gasteiger charge is 2.20. The number of nitrogens with zero attached hydrogens (tertiary/aromatic N) is 2. The molecule has 0 radical (unpaired) electrons. The van der Waals surface area contributed by atoms with E-state index in [4.69, 9.17) is 9.52 Å². The molecular formula is C10H9N3O3. The molecule has 6 nitrogen and oxygen atoms in total. The molecule has 0 atom stereocenters. The zero-order chi connectivity index (χ0) is 11.5. The first-order chi connectivity index (χ1) is 7.72. The van der Waals surface area contributed by atoms with E-state index in [1.165, 1.54) is 0 Å². The van der Waals surface area contributed by atoms with E-state index in [0.717, 1.165) is 0 Å². The molecule has 0 aliphatic heterocycles. The Hall–Kier alpha value is -2.37. The first-order valence-electron chi connectivity index (χ1n) is 4.54. The summed E-state index contributed by atoms with van der Waals surface area (Å²) in [6.45, 7) is 0. The van der Waals surface area contributed by atoms with Crippen molar-refractivity contribution in [2.45, 2.75) is 0 Å². The number of rotatable bonds is 3. The summed E-state index contributed by atoms with van der Waals surface area (Å²) in [6.07, 6.45) is 3.13. The van der Waals surface area contributed by atoms with Crippen LogP contribution in [0.4, 0.5) is 6.01 Å². The Bertz CT molecular complexity index is 507. The van der Waals surface area contributed by atoms with E-state index in [1.54, 1.807) is 31.6 Å². The van der Waals surface area contributed by atoms with Gasteiger partial charge < -0.3 is 14.8 Å². The van der Waals surface area contributed by atoms with Gasteiger partial charge in [0.05, 0.1) is 0 Å². The third kappa shape index (κ3) is 1.72. The predicted octanol–water partition coefficient (Wildman–Crippen LogP) is 1.48. The van der Waals surface area contributed by atoms with Crippen molar-refractivity contribution >= 4 is 12.0 Å². The number of anilines is 1. The van der Waals surface area contributed by atoms with Gasteiger partial charge in [-0.3, -0.25) is 4.98 Å². The van der Waals surface area contributed by atoms with Crippen LogP contribution >= 0.6 is 0 Å².